The van der Waals surface area contributed by atoms with E-state index in [1.165, 1.54) is 0 Å². The number of rotatable bonds is 5. The SMILES string of the molecule is O=C(CCCC(F)(F)F)N1C(=O)OCC1Cc1ccccc1. The summed E-state index contributed by atoms with van der Waals surface area (Å²) in [6, 6.07) is 8.77. The minimum absolute atomic E-state index is 0.0682. The average Bonchev–Trinajstić information content (AvgIpc) is 2.79. The molecule has 0 spiro atoms. The van der Waals surface area contributed by atoms with Crippen molar-refractivity contribution in [2.45, 2.75) is 37.9 Å². The van der Waals surface area contributed by atoms with Crippen LogP contribution in [0.5, 0.6) is 0 Å². The summed E-state index contributed by atoms with van der Waals surface area (Å²) in [5.74, 6) is -0.618. The van der Waals surface area contributed by atoms with Gasteiger partial charge in [0.05, 0.1) is 6.04 Å². The first-order valence-corrected chi connectivity index (χ1v) is 6.96. The molecule has 22 heavy (non-hydrogen) atoms. The van der Waals surface area contributed by atoms with Gasteiger partial charge < -0.3 is 4.74 Å². The van der Waals surface area contributed by atoms with Crippen molar-refractivity contribution in [3.8, 4) is 0 Å². The van der Waals surface area contributed by atoms with Crippen molar-refractivity contribution in [3.05, 3.63) is 35.9 Å². The molecule has 0 bridgehead atoms. The van der Waals surface area contributed by atoms with Crippen LogP contribution in [0.1, 0.15) is 24.8 Å². The van der Waals surface area contributed by atoms with Crippen molar-refractivity contribution in [1.29, 1.82) is 0 Å². The first-order valence-electron chi connectivity index (χ1n) is 6.96. The zero-order valence-corrected chi connectivity index (χ0v) is 11.8. The van der Waals surface area contributed by atoms with Crippen LogP contribution in [-0.2, 0) is 16.0 Å². The third-order valence-electron chi connectivity index (χ3n) is 3.39. The zero-order valence-electron chi connectivity index (χ0n) is 11.8. The summed E-state index contributed by atoms with van der Waals surface area (Å²) in [5, 5.41) is 0. The predicted molar refractivity (Wildman–Crippen MR) is 72.0 cm³/mol. The number of carbonyl (C=O) groups excluding carboxylic acids is 2. The van der Waals surface area contributed by atoms with Crippen LogP contribution in [0.3, 0.4) is 0 Å². The first kappa shape index (κ1) is 16.3. The van der Waals surface area contributed by atoms with Gasteiger partial charge in [-0.3, -0.25) is 4.79 Å². The predicted octanol–water partition coefficient (Wildman–Crippen LogP) is 3.31. The van der Waals surface area contributed by atoms with E-state index in [1.807, 2.05) is 30.3 Å². The monoisotopic (exact) mass is 315 g/mol. The van der Waals surface area contributed by atoms with Crippen LogP contribution in [-0.4, -0.2) is 35.7 Å². The summed E-state index contributed by atoms with van der Waals surface area (Å²) in [6.07, 6.45) is -6.33. The number of hydrogen-bond acceptors (Lipinski definition) is 3. The summed E-state index contributed by atoms with van der Waals surface area (Å²) >= 11 is 0. The van der Waals surface area contributed by atoms with E-state index in [2.05, 4.69) is 0 Å². The van der Waals surface area contributed by atoms with Crippen molar-refractivity contribution < 1.29 is 27.5 Å². The molecule has 0 radical (unpaired) electrons. The normalized spacial score (nSPS) is 18.4. The van der Waals surface area contributed by atoms with E-state index >= 15 is 0 Å². The minimum atomic E-state index is -4.30. The highest BCUT2D eigenvalue weighted by molar-refractivity contribution is 5.93. The Bertz CT molecular complexity index is 531. The lowest BCUT2D eigenvalue weighted by Gasteiger charge is -2.19. The Hall–Kier alpha value is -2.05. The lowest BCUT2D eigenvalue weighted by molar-refractivity contribution is -0.139. The van der Waals surface area contributed by atoms with Crippen LogP contribution >= 0.6 is 0 Å². The van der Waals surface area contributed by atoms with Gasteiger partial charge in [0.2, 0.25) is 5.91 Å². The standard InChI is InChI=1S/C15H16F3NO3/c16-15(17,18)8-4-7-13(20)19-12(10-22-14(19)21)9-11-5-2-1-3-6-11/h1-3,5-6,12H,4,7-10H2. The fraction of sp³-hybridized carbons (Fsp3) is 0.467. The Labute approximate surface area is 125 Å². The molecule has 120 valence electrons. The Kier molecular flexibility index (Phi) is 5.05. The van der Waals surface area contributed by atoms with Crippen LogP contribution in [0.2, 0.25) is 0 Å². The highest BCUT2D eigenvalue weighted by Crippen LogP contribution is 2.24. The molecule has 0 N–H and O–H groups in total. The number of halogens is 3. The van der Waals surface area contributed by atoms with Gasteiger partial charge in [0.15, 0.2) is 0 Å². The molecule has 1 aromatic carbocycles. The van der Waals surface area contributed by atoms with Gasteiger partial charge in [0, 0.05) is 12.8 Å². The van der Waals surface area contributed by atoms with Gasteiger partial charge in [0.1, 0.15) is 6.61 Å². The third-order valence-corrected chi connectivity index (χ3v) is 3.39. The van der Waals surface area contributed by atoms with E-state index < -0.39 is 30.6 Å². The van der Waals surface area contributed by atoms with Crippen LogP contribution in [0.15, 0.2) is 30.3 Å². The fourth-order valence-corrected chi connectivity index (χ4v) is 2.36. The zero-order chi connectivity index (χ0) is 16.2. The topological polar surface area (TPSA) is 46.6 Å². The highest BCUT2D eigenvalue weighted by atomic mass is 19.4. The van der Waals surface area contributed by atoms with E-state index in [4.69, 9.17) is 4.74 Å². The molecule has 0 saturated carbocycles. The molecule has 1 heterocycles. The smallest absolute Gasteiger partial charge is 0.416 e. The third kappa shape index (κ3) is 4.47. The van der Waals surface area contributed by atoms with E-state index in [1.54, 1.807) is 0 Å². The van der Waals surface area contributed by atoms with Gasteiger partial charge in [-0.25, -0.2) is 9.69 Å². The van der Waals surface area contributed by atoms with Crippen LogP contribution in [0.4, 0.5) is 18.0 Å². The minimum Gasteiger partial charge on any atom is -0.447 e. The number of alkyl halides is 3. The van der Waals surface area contributed by atoms with E-state index in [0.717, 1.165) is 10.5 Å². The summed E-state index contributed by atoms with van der Waals surface area (Å²) in [5.41, 5.74) is 0.930. The molecule has 1 unspecified atom stereocenters. The quantitative estimate of drug-likeness (QED) is 0.837. The Morgan fingerprint density at radius 2 is 1.95 bits per heavy atom. The summed E-state index contributed by atoms with van der Waals surface area (Å²) in [7, 11) is 0. The van der Waals surface area contributed by atoms with Crippen LogP contribution in [0, 0.1) is 0 Å². The highest BCUT2D eigenvalue weighted by Gasteiger charge is 2.38. The van der Waals surface area contributed by atoms with E-state index in [9.17, 15) is 22.8 Å². The Morgan fingerprint density at radius 3 is 2.59 bits per heavy atom. The maximum atomic E-state index is 12.1. The molecule has 2 rings (SSSR count). The number of hydrogen-bond donors (Lipinski definition) is 0. The second kappa shape index (κ2) is 6.81. The molecule has 0 aliphatic carbocycles. The Morgan fingerprint density at radius 1 is 1.27 bits per heavy atom. The van der Waals surface area contributed by atoms with Crippen molar-refractivity contribution in [2.75, 3.05) is 6.61 Å². The second-order valence-corrected chi connectivity index (χ2v) is 5.15. The second-order valence-electron chi connectivity index (χ2n) is 5.15. The number of carbonyl (C=O) groups is 2. The lowest BCUT2D eigenvalue weighted by Crippen LogP contribution is -2.40. The molecule has 2 amide bonds. The fourth-order valence-electron chi connectivity index (χ4n) is 2.36. The molecule has 1 fully saturated rings. The molecular formula is C15H16F3NO3. The van der Waals surface area contributed by atoms with Gasteiger partial charge in [-0.2, -0.15) is 13.2 Å². The van der Waals surface area contributed by atoms with E-state index in [0.29, 0.717) is 6.42 Å². The molecule has 4 nitrogen and oxygen atoms in total. The molecular weight excluding hydrogens is 299 g/mol. The molecule has 1 aliphatic heterocycles. The van der Waals surface area contributed by atoms with Crippen molar-refractivity contribution in [2.24, 2.45) is 0 Å². The number of nitrogens with zero attached hydrogens (tertiary/aromatic N) is 1. The molecule has 1 saturated heterocycles. The molecule has 1 atom stereocenters. The summed E-state index contributed by atoms with van der Waals surface area (Å²) < 4.78 is 41.2. The maximum Gasteiger partial charge on any atom is 0.416 e. The van der Waals surface area contributed by atoms with Crippen molar-refractivity contribution in [3.63, 3.8) is 0 Å². The van der Waals surface area contributed by atoms with Gasteiger partial charge in [-0.05, 0) is 18.4 Å². The van der Waals surface area contributed by atoms with E-state index in [-0.39, 0.29) is 19.4 Å². The van der Waals surface area contributed by atoms with Crippen molar-refractivity contribution >= 4 is 12.0 Å². The maximum absolute atomic E-state index is 12.1. The van der Waals surface area contributed by atoms with Gasteiger partial charge in [0.25, 0.3) is 0 Å². The van der Waals surface area contributed by atoms with Gasteiger partial charge in [-0.1, -0.05) is 30.3 Å². The number of ether oxygens (including phenoxy) is 1. The Balaban J connectivity index is 1.94. The molecule has 0 aromatic heterocycles. The summed E-state index contributed by atoms with van der Waals surface area (Å²) in [4.78, 5) is 24.6. The summed E-state index contributed by atoms with van der Waals surface area (Å²) in [6.45, 7) is 0.0682. The number of benzene rings is 1. The van der Waals surface area contributed by atoms with Crippen LogP contribution in [0.25, 0.3) is 0 Å². The lowest BCUT2D eigenvalue weighted by atomic mass is 10.1. The number of imide groups is 1. The average molecular weight is 315 g/mol. The molecule has 1 aliphatic rings. The van der Waals surface area contributed by atoms with Gasteiger partial charge in [-0.15, -0.1) is 0 Å². The first-order chi connectivity index (χ1) is 10.4. The number of amides is 2. The van der Waals surface area contributed by atoms with Gasteiger partial charge >= 0.3 is 12.3 Å². The largest absolute Gasteiger partial charge is 0.447 e. The number of cyclic esters (lactones) is 1. The molecule has 1 aromatic rings. The molecule has 7 heteroatoms. The van der Waals surface area contributed by atoms with Crippen molar-refractivity contribution in [1.82, 2.24) is 4.90 Å². The van der Waals surface area contributed by atoms with Crippen LogP contribution < -0.4 is 0 Å².